The molecule has 2 heterocycles. The minimum Gasteiger partial charge on any atom is -1.00 e. The minimum absolute atomic E-state index is 0. The molecule has 0 bridgehead atoms. The maximum absolute atomic E-state index is 12.6. The lowest BCUT2D eigenvalue weighted by molar-refractivity contribution is -0.126. The molecule has 3 rings (SSSR count). The third-order valence-corrected chi connectivity index (χ3v) is 5.04. The summed E-state index contributed by atoms with van der Waals surface area (Å²) in [6, 6.07) is 8.44. The zero-order valence-corrected chi connectivity index (χ0v) is 14.8. The van der Waals surface area contributed by atoms with Crippen LogP contribution in [-0.2, 0) is 11.2 Å². The van der Waals surface area contributed by atoms with Crippen molar-refractivity contribution in [1.82, 2.24) is 10.2 Å². The molecular weight excluding hydrogens is 308 g/mol. The third kappa shape index (κ3) is 3.89. The number of halogens is 1. The smallest absolute Gasteiger partial charge is 0.248 e. The van der Waals surface area contributed by atoms with Crippen molar-refractivity contribution in [3.05, 3.63) is 41.5 Å². The van der Waals surface area contributed by atoms with Crippen molar-refractivity contribution in [2.24, 2.45) is 0 Å². The van der Waals surface area contributed by atoms with Gasteiger partial charge in [-0.25, -0.2) is 0 Å². The summed E-state index contributed by atoms with van der Waals surface area (Å²) in [5.41, 5.74) is 3.53. The molecule has 3 nitrogen and oxygen atoms in total. The molecule has 0 saturated carbocycles. The van der Waals surface area contributed by atoms with E-state index >= 15 is 0 Å². The van der Waals surface area contributed by atoms with Crippen LogP contribution < -0.4 is 17.7 Å². The van der Waals surface area contributed by atoms with Crippen LogP contribution >= 0.6 is 0 Å². The Morgan fingerprint density at radius 2 is 1.96 bits per heavy atom. The van der Waals surface area contributed by atoms with Gasteiger partial charge in [0.25, 0.3) is 0 Å². The normalized spacial score (nSPS) is 25.3. The summed E-state index contributed by atoms with van der Waals surface area (Å²) in [5, 5.41) is 3.62. The van der Waals surface area contributed by atoms with Crippen molar-refractivity contribution in [1.29, 1.82) is 0 Å². The molecule has 1 aromatic carbocycles. The van der Waals surface area contributed by atoms with Crippen molar-refractivity contribution in [2.45, 2.75) is 51.5 Å². The fourth-order valence-corrected chi connectivity index (χ4v) is 3.45. The van der Waals surface area contributed by atoms with Gasteiger partial charge in [-0.3, -0.25) is 4.79 Å². The number of piperidine rings is 1. The van der Waals surface area contributed by atoms with Gasteiger partial charge in [0.05, 0.1) is 0 Å². The molecule has 1 atom stereocenters. The predicted molar refractivity (Wildman–Crippen MR) is 90.4 cm³/mol. The molecule has 126 valence electrons. The first-order valence-corrected chi connectivity index (χ1v) is 8.48. The second-order valence-corrected chi connectivity index (χ2v) is 6.82. The van der Waals surface area contributed by atoms with Gasteiger partial charge in [0.15, 0.2) is 0 Å². The Hall–Kier alpha value is -1.48. The van der Waals surface area contributed by atoms with Crippen LogP contribution in [0.3, 0.4) is 0 Å². The SMILES string of the molecule is CCC1(C)Cc2ccccc2/C(=C/C(=O)N2CCCCC2)N1.[Cl-]. The van der Waals surface area contributed by atoms with Gasteiger partial charge in [0.1, 0.15) is 0 Å². The lowest BCUT2D eigenvalue weighted by atomic mass is 9.83. The molecule has 0 spiro atoms. The van der Waals surface area contributed by atoms with Crippen LogP contribution in [0.15, 0.2) is 30.3 Å². The van der Waals surface area contributed by atoms with E-state index in [-0.39, 0.29) is 23.9 Å². The summed E-state index contributed by atoms with van der Waals surface area (Å²) in [7, 11) is 0. The third-order valence-electron chi connectivity index (χ3n) is 5.04. The Balaban J connectivity index is 0.00000192. The van der Waals surface area contributed by atoms with E-state index in [0.29, 0.717) is 0 Å². The number of hydrogen-bond acceptors (Lipinski definition) is 2. The van der Waals surface area contributed by atoms with Crippen molar-refractivity contribution in [3.63, 3.8) is 0 Å². The van der Waals surface area contributed by atoms with E-state index in [1.54, 1.807) is 0 Å². The van der Waals surface area contributed by atoms with Crippen LogP contribution in [-0.4, -0.2) is 29.4 Å². The fourth-order valence-electron chi connectivity index (χ4n) is 3.45. The van der Waals surface area contributed by atoms with Crippen molar-refractivity contribution in [2.75, 3.05) is 13.1 Å². The van der Waals surface area contributed by atoms with E-state index in [1.165, 1.54) is 17.5 Å². The van der Waals surface area contributed by atoms with Crippen molar-refractivity contribution < 1.29 is 17.2 Å². The summed E-state index contributed by atoms with van der Waals surface area (Å²) >= 11 is 0. The maximum Gasteiger partial charge on any atom is 0.248 e. The molecule has 0 aliphatic carbocycles. The molecule has 1 fully saturated rings. The highest BCUT2D eigenvalue weighted by atomic mass is 35.5. The highest BCUT2D eigenvalue weighted by Crippen LogP contribution is 2.31. The molecule has 1 saturated heterocycles. The molecule has 0 radical (unpaired) electrons. The van der Waals surface area contributed by atoms with E-state index in [9.17, 15) is 4.79 Å². The van der Waals surface area contributed by atoms with Crippen LogP contribution in [0.1, 0.15) is 50.7 Å². The molecule has 23 heavy (non-hydrogen) atoms. The summed E-state index contributed by atoms with van der Waals surface area (Å²) in [6.45, 7) is 6.23. The number of carbonyl (C=O) groups excluding carboxylic acids is 1. The van der Waals surface area contributed by atoms with Crippen LogP contribution in [0.4, 0.5) is 0 Å². The first-order valence-electron chi connectivity index (χ1n) is 8.48. The van der Waals surface area contributed by atoms with E-state index < -0.39 is 0 Å². The van der Waals surface area contributed by atoms with Gasteiger partial charge >= 0.3 is 0 Å². The maximum atomic E-state index is 12.6. The number of nitrogens with zero attached hydrogens (tertiary/aromatic N) is 1. The zero-order valence-electron chi connectivity index (χ0n) is 14.1. The standard InChI is InChI=1S/C19H26N2O.ClH/c1-3-19(2)14-15-9-5-6-10-16(15)17(20-19)13-18(22)21-11-7-4-8-12-21;/h5-6,9-10,13,20H,3-4,7-8,11-12,14H2,1-2H3;1H/p-1/b17-13-;. The van der Waals surface area contributed by atoms with E-state index in [4.69, 9.17) is 0 Å². The summed E-state index contributed by atoms with van der Waals surface area (Å²) in [6.07, 6.45) is 7.37. The van der Waals surface area contributed by atoms with Crippen LogP contribution in [0.25, 0.3) is 5.70 Å². The molecule has 1 N–H and O–H groups in total. The Bertz CT molecular complexity index is 593. The number of benzene rings is 1. The van der Waals surface area contributed by atoms with Crippen molar-refractivity contribution in [3.8, 4) is 0 Å². The monoisotopic (exact) mass is 333 g/mol. The first kappa shape index (κ1) is 17.9. The van der Waals surface area contributed by atoms with E-state index in [0.717, 1.165) is 44.5 Å². The first-order chi connectivity index (χ1) is 10.6. The number of nitrogens with one attached hydrogen (secondary N) is 1. The second-order valence-electron chi connectivity index (χ2n) is 6.82. The highest BCUT2D eigenvalue weighted by molar-refractivity contribution is 5.95. The zero-order chi connectivity index (χ0) is 15.6. The Labute approximate surface area is 145 Å². The lowest BCUT2D eigenvalue weighted by Gasteiger charge is -2.38. The van der Waals surface area contributed by atoms with Crippen molar-refractivity contribution >= 4 is 11.6 Å². The Morgan fingerprint density at radius 3 is 2.65 bits per heavy atom. The van der Waals surface area contributed by atoms with Gasteiger partial charge in [0, 0.05) is 36.0 Å². The number of amides is 1. The van der Waals surface area contributed by atoms with E-state index in [1.807, 2.05) is 17.0 Å². The number of likely N-dealkylation sites (tertiary alicyclic amines) is 1. The molecule has 4 heteroatoms. The van der Waals surface area contributed by atoms with Gasteiger partial charge in [-0.15, -0.1) is 0 Å². The fraction of sp³-hybridized carbons (Fsp3) is 0.526. The van der Waals surface area contributed by atoms with Crippen LogP contribution in [0.2, 0.25) is 0 Å². The van der Waals surface area contributed by atoms with E-state index in [2.05, 4.69) is 37.4 Å². The largest absolute Gasteiger partial charge is 1.00 e. The predicted octanol–water partition coefficient (Wildman–Crippen LogP) is 0.358. The average Bonchev–Trinajstić information content (AvgIpc) is 2.55. The average molecular weight is 334 g/mol. The molecular formula is C19H26ClN2O-. The second kappa shape index (κ2) is 7.39. The molecule has 1 unspecified atom stereocenters. The lowest BCUT2D eigenvalue weighted by Crippen LogP contribution is -3.00. The van der Waals surface area contributed by atoms with Crippen LogP contribution in [0.5, 0.6) is 0 Å². The molecule has 0 aromatic heterocycles. The number of carbonyl (C=O) groups is 1. The molecule has 2 aliphatic heterocycles. The minimum atomic E-state index is 0. The van der Waals surface area contributed by atoms with Crippen LogP contribution in [0, 0.1) is 0 Å². The summed E-state index contributed by atoms with van der Waals surface area (Å²) in [4.78, 5) is 14.6. The number of rotatable bonds is 2. The van der Waals surface area contributed by atoms with Gasteiger partial charge in [-0.1, -0.05) is 31.2 Å². The molecule has 2 aliphatic rings. The van der Waals surface area contributed by atoms with Gasteiger partial charge in [0.2, 0.25) is 5.91 Å². The van der Waals surface area contributed by atoms with Gasteiger partial charge in [-0.2, -0.15) is 0 Å². The number of fused-ring (bicyclic) bond motifs is 1. The Morgan fingerprint density at radius 1 is 1.26 bits per heavy atom. The highest BCUT2D eigenvalue weighted by Gasteiger charge is 2.30. The van der Waals surface area contributed by atoms with Gasteiger partial charge in [-0.05, 0) is 44.6 Å². The molecule has 1 amide bonds. The topological polar surface area (TPSA) is 32.3 Å². The summed E-state index contributed by atoms with van der Waals surface area (Å²) in [5.74, 6) is 0.150. The Kier molecular flexibility index (Phi) is 5.74. The quantitative estimate of drug-likeness (QED) is 0.793. The molecule has 1 aromatic rings. The summed E-state index contributed by atoms with van der Waals surface area (Å²) < 4.78 is 0. The van der Waals surface area contributed by atoms with Gasteiger partial charge < -0.3 is 22.6 Å². The number of hydrogen-bond donors (Lipinski definition) is 1.